The molecule has 0 aliphatic carbocycles. The molecular weight excluding hydrogens is 452 g/mol. The first-order valence-corrected chi connectivity index (χ1v) is 12.1. The van der Waals surface area contributed by atoms with Crippen molar-refractivity contribution in [2.45, 2.75) is 64.8 Å². The summed E-state index contributed by atoms with van der Waals surface area (Å²) in [7, 11) is 1.57. The summed E-state index contributed by atoms with van der Waals surface area (Å²) in [6.45, 7) is 6.20. The van der Waals surface area contributed by atoms with Crippen molar-refractivity contribution >= 4 is 23.8 Å². The van der Waals surface area contributed by atoms with Crippen molar-refractivity contribution in [2.24, 2.45) is 5.92 Å². The summed E-state index contributed by atoms with van der Waals surface area (Å²) >= 11 is 0. The average Bonchev–Trinajstić information content (AvgIpc) is 3.32. The van der Waals surface area contributed by atoms with Crippen molar-refractivity contribution in [3.8, 4) is 0 Å². The lowest BCUT2D eigenvalue weighted by molar-refractivity contribution is -0.150. The average molecular weight is 491 g/mol. The lowest BCUT2D eigenvalue weighted by atomic mass is 10.0. The highest BCUT2D eigenvalue weighted by Crippen LogP contribution is 2.22. The largest absolute Gasteiger partial charge is 0.445 e. The van der Waals surface area contributed by atoms with Gasteiger partial charge < -0.3 is 30.3 Å². The third kappa shape index (κ3) is 8.54. The molecule has 0 radical (unpaired) electrons. The Bertz CT molecular complexity index is 861. The number of likely N-dealkylation sites (N-methyl/N-ethyl adjacent to an activating group) is 1. The molecule has 2 rings (SSSR count). The van der Waals surface area contributed by atoms with E-state index in [1.807, 2.05) is 44.2 Å². The molecule has 1 aromatic rings. The van der Waals surface area contributed by atoms with E-state index in [4.69, 9.17) is 4.74 Å². The fourth-order valence-electron chi connectivity index (χ4n) is 4.05. The van der Waals surface area contributed by atoms with Gasteiger partial charge in [-0.05, 0) is 37.7 Å². The summed E-state index contributed by atoms with van der Waals surface area (Å²) in [5.41, 5.74) is 0.871. The highest BCUT2D eigenvalue weighted by molar-refractivity contribution is 5.93. The molecule has 1 saturated heterocycles. The summed E-state index contributed by atoms with van der Waals surface area (Å²) in [5, 5.41) is 15.0. The Morgan fingerprint density at radius 1 is 1.11 bits per heavy atom. The zero-order chi connectivity index (χ0) is 26.0. The number of hydrogen-bond acceptors (Lipinski definition) is 6. The number of amides is 4. The van der Waals surface area contributed by atoms with Crippen molar-refractivity contribution in [2.75, 3.05) is 26.7 Å². The van der Waals surface area contributed by atoms with Gasteiger partial charge in [0.2, 0.25) is 11.8 Å². The Morgan fingerprint density at radius 3 is 2.40 bits per heavy atom. The molecule has 1 fully saturated rings. The molecule has 1 aliphatic rings. The number of likely N-dealkylation sites (tertiary alicyclic amines) is 1. The van der Waals surface area contributed by atoms with Gasteiger partial charge in [-0.1, -0.05) is 44.2 Å². The first-order valence-electron chi connectivity index (χ1n) is 12.1. The van der Waals surface area contributed by atoms with Gasteiger partial charge in [0.05, 0.1) is 0 Å². The van der Waals surface area contributed by atoms with Gasteiger partial charge in [-0.25, -0.2) is 4.79 Å². The van der Waals surface area contributed by atoms with Crippen LogP contribution in [0.5, 0.6) is 0 Å². The topological polar surface area (TPSA) is 128 Å². The number of aliphatic hydroxyl groups is 1. The van der Waals surface area contributed by atoms with E-state index in [-0.39, 0.29) is 37.4 Å². The van der Waals surface area contributed by atoms with Crippen molar-refractivity contribution in [3.05, 3.63) is 35.9 Å². The Labute approximate surface area is 207 Å². The van der Waals surface area contributed by atoms with Crippen LogP contribution in [0.25, 0.3) is 0 Å². The summed E-state index contributed by atoms with van der Waals surface area (Å²) in [6, 6.07) is 7.88. The second-order valence-corrected chi connectivity index (χ2v) is 9.24. The molecule has 1 aliphatic heterocycles. The molecule has 4 amide bonds. The van der Waals surface area contributed by atoms with Crippen LogP contribution >= 0.6 is 0 Å². The number of nitrogens with zero attached hydrogens (tertiary/aromatic N) is 2. The first kappa shape index (κ1) is 28.1. The van der Waals surface area contributed by atoms with Gasteiger partial charge >= 0.3 is 6.09 Å². The Kier molecular flexibility index (Phi) is 11.0. The zero-order valence-electron chi connectivity index (χ0n) is 21.0. The van der Waals surface area contributed by atoms with Crippen LogP contribution in [0.1, 0.15) is 45.6 Å². The summed E-state index contributed by atoms with van der Waals surface area (Å²) in [4.78, 5) is 53.1. The van der Waals surface area contributed by atoms with Crippen molar-refractivity contribution in [1.82, 2.24) is 20.4 Å². The molecule has 0 bridgehead atoms. The van der Waals surface area contributed by atoms with Crippen LogP contribution < -0.4 is 10.6 Å². The summed E-state index contributed by atoms with van der Waals surface area (Å²) < 4.78 is 5.14. The number of nitrogens with one attached hydrogen (secondary N) is 2. The van der Waals surface area contributed by atoms with E-state index in [9.17, 15) is 24.3 Å². The summed E-state index contributed by atoms with van der Waals surface area (Å²) in [6.07, 6.45) is -0.172. The first-order chi connectivity index (χ1) is 16.6. The highest BCUT2D eigenvalue weighted by Gasteiger charge is 2.39. The van der Waals surface area contributed by atoms with E-state index < -0.39 is 30.2 Å². The number of rotatable bonds is 11. The second-order valence-electron chi connectivity index (χ2n) is 9.24. The minimum atomic E-state index is -1.18. The molecule has 10 nitrogen and oxygen atoms in total. The van der Waals surface area contributed by atoms with Crippen LogP contribution in [-0.2, 0) is 25.7 Å². The molecule has 194 valence electrons. The molecule has 0 spiro atoms. The fraction of sp³-hybridized carbons (Fsp3) is 0.600. The molecule has 0 saturated carbocycles. The number of aliphatic hydroxyl groups excluding tert-OH is 1. The standard InChI is InChI=1S/C25H38N4O6/c1-17(2)15-21(28(4)24(33)20-11-8-14-29(20)23(32)18(3)30)22(31)26-12-13-27-25(34)35-16-19-9-6-5-7-10-19/h5-7,9-10,17-18,20-21,30H,8,11-16H2,1-4H3,(H,26,31)(H,27,34)/t18-,20-,21+/m0/s1. The smallest absolute Gasteiger partial charge is 0.407 e. The van der Waals surface area contributed by atoms with E-state index >= 15 is 0 Å². The zero-order valence-corrected chi connectivity index (χ0v) is 21.0. The van der Waals surface area contributed by atoms with Crippen LogP contribution in [0, 0.1) is 5.92 Å². The van der Waals surface area contributed by atoms with Gasteiger partial charge in [-0.2, -0.15) is 0 Å². The molecule has 10 heteroatoms. The third-order valence-electron chi connectivity index (χ3n) is 5.90. The lowest BCUT2D eigenvalue weighted by Crippen LogP contribution is -2.55. The molecule has 35 heavy (non-hydrogen) atoms. The normalized spacial score (nSPS) is 17.0. The Balaban J connectivity index is 1.87. The van der Waals surface area contributed by atoms with E-state index in [2.05, 4.69) is 10.6 Å². The van der Waals surface area contributed by atoms with E-state index in [0.717, 1.165) is 5.56 Å². The molecular formula is C25H38N4O6. The van der Waals surface area contributed by atoms with Gasteiger partial charge in [0, 0.05) is 26.7 Å². The molecule has 0 aromatic heterocycles. The Hall–Kier alpha value is -3.14. The number of ether oxygens (including phenoxy) is 1. The van der Waals surface area contributed by atoms with E-state index in [1.165, 1.54) is 16.7 Å². The number of hydrogen-bond donors (Lipinski definition) is 3. The van der Waals surface area contributed by atoms with Crippen LogP contribution in [0.15, 0.2) is 30.3 Å². The predicted octanol–water partition coefficient (Wildman–Crippen LogP) is 1.27. The van der Waals surface area contributed by atoms with Gasteiger partial charge in [0.15, 0.2) is 0 Å². The lowest BCUT2D eigenvalue weighted by Gasteiger charge is -2.33. The van der Waals surface area contributed by atoms with Crippen LogP contribution in [0.4, 0.5) is 4.79 Å². The monoisotopic (exact) mass is 490 g/mol. The van der Waals surface area contributed by atoms with Crippen molar-refractivity contribution in [1.29, 1.82) is 0 Å². The van der Waals surface area contributed by atoms with Crippen molar-refractivity contribution in [3.63, 3.8) is 0 Å². The minimum absolute atomic E-state index is 0.144. The SMILES string of the molecule is CC(C)C[C@H](C(=O)NCCNC(=O)OCc1ccccc1)N(C)C(=O)[C@@H]1CCCN1C(=O)[C@H](C)O. The fourth-order valence-corrected chi connectivity index (χ4v) is 4.05. The van der Waals surface area contributed by atoms with Crippen LogP contribution in [0.3, 0.4) is 0 Å². The minimum Gasteiger partial charge on any atom is -0.445 e. The maximum Gasteiger partial charge on any atom is 0.407 e. The molecule has 3 N–H and O–H groups in total. The Morgan fingerprint density at radius 2 is 1.77 bits per heavy atom. The number of benzene rings is 1. The number of carbonyl (C=O) groups is 4. The van der Waals surface area contributed by atoms with E-state index in [1.54, 1.807) is 7.05 Å². The molecule has 0 unspecified atom stereocenters. The van der Waals surface area contributed by atoms with Crippen LogP contribution in [0.2, 0.25) is 0 Å². The third-order valence-corrected chi connectivity index (χ3v) is 5.90. The number of alkyl carbamates (subject to hydrolysis) is 1. The maximum atomic E-state index is 13.2. The van der Waals surface area contributed by atoms with Crippen molar-refractivity contribution < 1.29 is 29.0 Å². The van der Waals surface area contributed by atoms with Gasteiger partial charge in [0.1, 0.15) is 24.8 Å². The van der Waals surface area contributed by atoms with Crippen LogP contribution in [-0.4, -0.2) is 83.6 Å². The molecule has 1 heterocycles. The van der Waals surface area contributed by atoms with E-state index in [0.29, 0.717) is 25.8 Å². The van der Waals surface area contributed by atoms with Gasteiger partial charge in [-0.3, -0.25) is 14.4 Å². The predicted molar refractivity (Wildman–Crippen MR) is 130 cm³/mol. The quantitative estimate of drug-likeness (QED) is 0.401. The molecule has 1 aromatic carbocycles. The second kappa shape index (κ2) is 13.7. The molecule has 3 atom stereocenters. The highest BCUT2D eigenvalue weighted by atomic mass is 16.5. The summed E-state index contributed by atoms with van der Waals surface area (Å²) in [5.74, 6) is -0.990. The van der Waals surface area contributed by atoms with Gasteiger partial charge in [0.25, 0.3) is 5.91 Å². The van der Waals surface area contributed by atoms with Gasteiger partial charge in [-0.15, -0.1) is 0 Å². The maximum absolute atomic E-state index is 13.2. The number of carbonyl (C=O) groups excluding carboxylic acids is 4.